The van der Waals surface area contributed by atoms with Gasteiger partial charge in [-0.05, 0) is 31.9 Å². The topological polar surface area (TPSA) is 92.5 Å². The van der Waals surface area contributed by atoms with E-state index < -0.39 is 0 Å². The predicted molar refractivity (Wildman–Crippen MR) is 92.8 cm³/mol. The molecule has 0 aromatic carbocycles. The Kier molecular flexibility index (Phi) is 7.68. The fourth-order valence-electron chi connectivity index (χ4n) is 1.63. The predicted octanol–water partition coefficient (Wildman–Crippen LogP) is 1.85. The second-order valence-corrected chi connectivity index (χ2v) is 6.15. The van der Waals surface area contributed by atoms with Gasteiger partial charge >= 0.3 is 0 Å². The van der Waals surface area contributed by atoms with E-state index in [4.69, 9.17) is 0 Å². The number of aliphatic imine (C=N–C) groups is 1. The highest BCUT2D eigenvalue weighted by Gasteiger charge is 2.19. The Hall–Kier alpha value is -1.95. The molecule has 6 nitrogen and oxygen atoms in total. The Labute approximate surface area is 138 Å². The van der Waals surface area contributed by atoms with Gasteiger partial charge in [0.25, 0.3) is 5.91 Å². The number of unbranched alkanes of at least 4 members (excludes halogenated alkanes) is 1. The molecule has 0 aliphatic carbocycles. The maximum atomic E-state index is 12.4. The van der Waals surface area contributed by atoms with E-state index in [0.29, 0.717) is 11.5 Å². The van der Waals surface area contributed by atoms with Gasteiger partial charge < -0.3 is 16.0 Å². The fraction of sp³-hybridized carbons (Fsp3) is 0.588. The summed E-state index contributed by atoms with van der Waals surface area (Å²) in [6.45, 7) is 10.2. The molecule has 1 aliphatic heterocycles. The molecule has 1 atom stereocenters. The van der Waals surface area contributed by atoms with E-state index in [0.717, 1.165) is 25.0 Å². The summed E-state index contributed by atoms with van der Waals surface area (Å²) < 4.78 is 0. The largest absolute Gasteiger partial charge is 0.312 e. The van der Waals surface area contributed by atoms with Crippen LogP contribution in [0.3, 0.4) is 0 Å². The van der Waals surface area contributed by atoms with Crippen molar-refractivity contribution >= 4 is 18.0 Å². The minimum Gasteiger partial charge on any atom is -0.312 e. The van der Waals surface area contributed by atoms with Crippen molar-refractivity contribution in [3.63, 3.8) is 0 Å². The Balaban J connectivity index is 2.81. The lowest BCUT2D eigenvalue weighted by Gasteiger charge is -2.14. The molecule has 0 saturated carbocycles. The third kappa shape index (κ3) is 7.23. The number of rotatable bonds is 8. The number of nitrogens with zero attached hydrogens (tertiary/aromatic N) is 1. The Bertz CT molecular complexity index is 525. The van der Waals surface area contributed by atoms with E-state index in [1.807, 2.05) is 40.7 Å². The van der Waals surface area contributed by atoms with Crippen molar-refractivity contribution in [1.29, 1.82) is 0 Å². The van der Waals surface area contributed by atoms with E-state index in [1.165, 1.54) is 0 Å². The monoisotopic (exact) mass is 320 g/mol. The summed E-state index contributed by atoms with van der Waals surface area (Å²) in [6, 6.07) is 0.257. The molecule has 3 N–H and O–H groups in total. The van der Waals surface area contributed by atoms with Crippen molar-refractivity contribution in [2.24, 2.45) is 10.9 Å². The number of allylic oxidation sites excluding steroid dienone is 2. The van der Waals surface area contributed by atoms with Gasteiger partial charge in [0, 0.05) is 18.7 Å². The molecule has 0 aromatic heterocycles. The summed E-state index contributed by atoms with van der Waals surface area (Å²) in [7, 11) is 0. The maximum absolute atomic E-state index is 12.4. The molecule has 6 heteroatoms. The quantitative estimate of drug-likeness (QED) is 0.362. The van der Waals surface area contributed by atoms with E-state index >= 15 is 0 Å². The van der Waals surface area contributed by atoms with Crippen molar-refractivity contribution in [2.45, 2.75) is 53.5 Å². The first-order valence-corrected chi connectivity index (χ1v) is 8.12. The lowest BCUT2D eigenvalue weighted by molar-refractivity contribution is -0.123. The summed E-state index contributed by atoms with van der Waals surface area (Å²) in [5, 5.41) is 8.62. The summed E-state index contributed by atoms with van der Waals surface area (Å²) in [5.74, 6) is -0.168. The van der Waals surface area contributed by atoms with Gasteiger partial charge in [-0.15, -0.1) is 0 Å². The normalized spacial score (nSPS) is 17.3. The number of carbonyl (C=O) groups is 2. The number of carbonyl (C=O) groups excluding carboxylic acids is 2. The van der Waals surface area contributed by atoms with Gasteiger partial charge in [0.05, 0.1) is 6.04 Å². The van der Waals surface area contributed by atoms with Crippen LogP contribution in [-0.2, 0) is 9.59 Å². The second-order valence-electron chi connectivity index (χ2n) is 6.15. The van der Waals surface area contributed by atoms with E-state index in [2.05, 4.69) is 20.9 Å². The summed E-state index contributed by atoms with van der Waals surface area (Å²) in [6.07, 6.45) is 5.27. The van der Waals surface area contributed by atoms with Crippen molar-refractivity contribution in [1.82, 2.24) is 16.0 Å². The molecule has 0 aromatic rings. The van der Waals surface area contributed by atoms with Crippen molar-refractivity contribution < 1.29 is 9.59 Å². The molecule has 1 aliphatic rings. The SMILES string of the molecule is CCC/C=C(/NC(=O)C(N=CC1CN1)=C(C)C)NC(=O)C(C)C. The third-order valence-corrected chi connectivity index (χ3v) is 3.18. The highest BCUT2D eigenvalue weighted by molar-refractivity contribution is 5.97. The number of hydrogen-bond acceptors (Lipinski definition) is 4. The van der Waals surface area contributed by atoms with Gasteiger partial charge in [-0.3, -0.25) is 14.6 Å². The molecule has 1 heterocycles. The highest BCUT2D eigenvalue weighted by atomic mass is 16.2. The van der Waals surface area contributed by atoms with Gasteiger partial charge in [0.1, 0.15) is 11.5 Å². The zero-order chi connectivity index (χ0) is 17.4. The number of nitrogens with one attached hydrogen (secondary N) is 3. The van der Waals surface area contributed by atoms with E-state index in [1.54, 1.807) is 6.21 Å². The third-order valence-electron chi connectivity index (χ3n) is 3.18. The van der Waals surface area contributed by atoms with Crippen LogP contribution in [0.4, 0.5) is 0 Å². The average Bonchev–Trinajstić information content (AvgIpc) is 3.28. The molecular formula is C17H28N4O2. The van der Waals surface area contributed by atoms with Crippen LogP contribution in [0.15, 0.2) is 28.2 Å². The molecular weight excluding hydrogens is 292 g/mol. The zero-order valence-corrected chi connectivity index (χ0v) is 14.7. The summed E-state index contributed by atoms with van der Waals surface area (Å²) >= 11 is 0. The number of amides is 2. The number of hydrogen-bond donors (Lipinski definition) is 3. The van der Waals surface area contributed by atoms with Crippen molar-refractivity contribution in [2.75, 3.05) is 6.54 Å². The minimum absolute atomic E-state index is 0.128. The molecule has 0 radical (unpaired) electrons. The van der Waals surface area contributed by atoms with Crippen LogP contribution in [0.25, 0.3) is 0 Å². The first kappa shape index (κ1) is 19.1. The van der Waals surface area contributed by atoms with Gasteiger partial charge in [0.15, 0.2) is 0 Å². The van der Waals surface area contributed by atoms with Crippen LogP contribution >= 0.6 is 0 Å². The van der Waals surface area contributed by atoms with Crippen molar-refractivity contribution in [3.05, 3.63) is 23.2 Å². The summed E-state index contributed by atoms with van der Waals surface area (Å²) in [5.41, 5.74) is 1.20. The smallest absolute Gasteiger partial charge is 0.275 e. The molecule has 1 saturated heterocycles. The van der Waals surface area contributed by atoms with E-state index in [-0.39, 0.29) is 23.8 Å². The first-order chi connectivity index (χ1) is 10.8. The highest BCUT2D eigenvalue weighted by Crippen LogP contribution is 2.08. The van der Waals surface area contributed by atoms with Crippen LogP contribution < -0.4 is 16.0 Å². The van der Waals surface area contributed by atoms with Gasteiger partial charge in [-0.1, -0.05) is 27.2 Å². The Morgan fingerprint density at radius 1 is 1.30 bits per heavy atom. The van der Waals surface area contributed by atoms with Crippen LogP contribution in [0.5, 0.6) is 0 Å². The Morgan fingerprint density at radius 3 is 2.43 bits per heavy atom. The van der Waals surface area contributed by atoms with Crippen LogP contribution in [0.1, 0.15) is 47.5 Å². The molecule has 2 amide bonds. The molecule has 128 valence electrons. The molecule has 1 rings (SSSR count). The lowest BCUT2D eigenvalue weighted by Crippen LogP contribution is -2.37. The lowest BCUT2D eigenvalue weighted by atomic mass is 10.2. The van der Waals surface area contributed by atoms with Crippen LogP contribution in [-0.4, -0.2) is 30.6 Å². The maximum Gasteiger partial charge on any atom is 0.275 e. The van der Waals surface area contributed by atoms with Gasteiger partial charge in [-0.2, -0.15) is 0 Å². The van der Waals surface area contributed by atoms with Crippen molar-refractivity contribution in [3.8, 4) is 0 Å². The van der Waals surface area contributed by atoms with Gasteiger partial charge in [-0.25, -0.2) is 0 Å². The Morgan fingerprint density at radius 2 is 1.96 bits per heavy atom. The van der Waals surface area contributed by atoms with Gasteiger partial charge in [0.2, 0.25) is 5.91 Å². The molecule has 0 bridgehead atoms. The average molecular weight is 320 g/mol. The standard InChI is InChI=1S/C17H28N4O2/c1-6-7-8-14(20-16(22)12(4)5)21-17(23)15(11(2)3)19-10-13-9-18-13/h8,10,12-13,18H,6-7,9H2,1-5H3,(H,20,22)(H,21,23)/b14-8+,19-10?. The van der Waals surface area contributed by atoms with Crippen LogP contribution in [0.2, 0.25) is 0 Å². The first-order valence-electron chi connectivity index (χ1n) is 8.12. The molecule has 1 fully saturated rings. The second kappa shape index (κ2) is 9.25. The molecule has 1 unspecified atom stereocenters. The zero-order valence-electron chi connectivity index (χ0n) is 14.7. The molecule has 23 heavy (non-hydrogen) atoms. The fourth-order valence-corrected chi connectivity index (χ4v) is 1.63. The minimum atomic E-state index is -0.312. The molecule has 0 spiro atoms. The van der Waals surface area contributed by atoms with Crippen LogP contribution in [0, 0.1) is 5.92 Å². The summed E-state index contributed by atoms with van der Waals surface area (Å²) in [4.78, 5) is 28.6. The van der Waals surface area contributed by atoms with E-state index in [9.17, 15) is 9.59 Å².